The Balaban J connectivity index is 1.88. The van der Waals surface area contributed by atoms with Crippen molar-refractivity contribution in [2.75, 3.05) is 12.0 Å². The minimum atomic E-state index is -0.542. The molecule has 0 saturated heterocycles. The largest absolute Gasteiger partial charge is 0.363 e. The van der Waals surface area contributed by atoms with E-state index < -0.39 is 11.8 Å². The molecule has 6 nitrogen and oxygen atoms in total. The lowest BCUT2D eigenvalue weighted by Gasteiger charge is -2.16. The van der Waals surface area contributed by atoms with Gasteiger partial charge in [0.15, 0.2) is 0 Å². The topological polar surface area (TPSA) is 82.3 Å². The van der Waals surface area contributed by atoms with Crippen LogP contribution in [0.1, 0.15) is 38.9 Å². The molecule has 8 heteroatoms. The predicted octanol–water partition coefficient (Wildman–Crippen LogP) is 3.22. The van der Waals surface area contributed by atoms with Crippen LogP contribution in [0.3, 0.4) is 0 Å². The number of rotatable bonds is 4. The summed E-state index contributed by atoms with van der Waals surface area (Å²) in [5.41, 5.74) is 1.91. The highest BCUT2D eigenvalue weighted by molar-refractivity contribution is 6.41. The number of carbonyl (C=O) groups excluding carboxylic acids is 2. The van der Waals surface area contributed by atoms with Crippen molar-refractivity contribution >= 4 is 40.7 Å². The van der Waals surface area contributed by atoms with Crippen molar-refractivity contribution in [3.63, 3.8) is 0 Å². The van der Waals surface area contributed by atoms with Gasteiger partial charge in [0.05, 0.1) is 27.8 Å². The average molecular weight is 380 g/mol. The Bertz CT molecular complexity index is 912. The highest BCUT2D eigenvalue weighted by atomic mass is 35.5. The molecule has 1 aromatic carbocycles. The molecule has 1 aromatic heterocycles. The molecule has 2 aromatic rings. The third-order valence-electron chi connectivity index (χ3n) is 4.18. The molecular formula is C17H15Cl2N3O3. The van der Waals surface area contributed by atoms with Crippen LogP contribution in [-0.4, -0.2) is 28.4 Å². The number of aromatic amines is 1. The van der Waals surface area contributed by atoms with Gasteiger partial charge < -0.3 is 10.3 Å². The van der Waals surface area contributed by atoms with Gasteiger partial charge in [-0.15, -0.1) is 0 Å². The van der Waals surface area contributed by atoms with Gasteiger partial charge in [-0.25, -0.2) is 0 Å². The number of H-pyrrole nitrogens is 1. The molecule has 130 valence electrons. The predicted molar refractivity (Wildman–Crippen MR) is 96.6 cm³/mol. The first-order valence-corrected chi connectivity index (χ1v) is 8.41. The first-order chi connectivity index (χ1) is 11.8. The van der Waals surface area contributed by atoms with Crippen LogP contribution < -0.4 is 10.9 Å². The van der Waals surface area contributed by atoms with Crippen LogP contribution in [0, 0.1) is 6.92 Å². The number of nitrogens with one attached hydrogen (secondary N) is 2. The summed E-state index contributed by atoms with van der Waals surface area (Å²) in [6.45, 7) is 3.63. The Hall–Kier alpha value is -2.31. The van der Waals surface area contributed by atoms with E-state index in [4.69, 9.17) is 23.2 Å². The fourth-order valence-corrected chi connectivity index (χ4v) is 3.28. The molecule has 2 N–H and O–H groups in total. The van der Waals surface area contributed by atoms with Crippen molar-refractivity contribution in [2.45, 2.75) is 20.3 Å². The number of aryl methyl sites for hydroxylation is 2. The molecule has 0 bridgehead atoms. The molecule has 1 aliphatic heterocycles. The van der Waals surface area contributed by atoms with E-state index in [1.54, 1.807) is 6.07 Å². The Labute approximate surface area is 153 Å². The molecule has 0 aliphatic carbocycles. The van der Waals surface area contributed by atoms with Crippen molar-refractivity contribution in [3.8, 4) is 0 Å². The quantitative estimate of drug-likeness (QED) is 0.798. The van der Waals surface area contributed by atoms with E-state index in [1.165, 1.54) is 12.1 Å². The van der Waals surface area contributed by atoms with Gasteiger partial charge in [-0.2, -0.15) is 0 Å². The second-order valence-electron chi connectivity index (χ2n) is 5.67. The van der Waals surface area contributed by atoms with E-state index in [0.717, 1.165) is 22.6 Å². The molecule has 2 heterocycles. The monoisotopic (exact) mass is 379 g/mol. The first kappa shape index (κ1) is 17.5. The number of aromatic nitrogens is 1. The summed E-state index contributed by atoms with van der Waals surface area (Å²) in [7, 11) is 0. The van der Waals surface area contributed by atoms with Crippen molar-refractivity contribution in [2.24, 2.45) is 0 Å². The molecule has 3 rings (SSSR count). The van der Waals surface area contributed by atoms with E-state index in [2.05, 4.69) is 10.3 Å². The number of hydrogen-bond donors (Lipinski definition) is 2. The van der Waals surface area contributed by atoms with Crippen LogP contribution in [0.5, 0.6) is 0 Å². The maximum absolute atomic E-state index is 12.5. The minimum Gasteiger partial charge on any atom is -0.363 e. The van der Waals surface area contributed by atoms with Crippen LogP contribution in [0.15, 0.2) is 23.0 Å². The molecule has 2 amide bonds. The standard InChI is InChI=1S/C17H15Cl2N3O3/c1-3-9-6-12(15(23)21-8(9)2)20-7-22-16(24)13-10(18)4-5-11(19)14(13)17(22)25/h4-6,20H,3,7H2,1-2H3,(H,21,23). The highest BCUT2D eigenvalue weighted by Gasteiger charge is 2.39. The second-order valence-corrected chi connectivity index (χ2v) is 6.48. The zero-order valence-corrected chi connectivity index (χ0v) is 15.1. The van der Waals surface area contributed by atoms with Gasteiger partial charge >= 0.3 is 0 Å². The molecule has 0 fully saturated rings. The lowest BCUT2D eigenvalue weighted by molar-refractivity contribution is 0.0666. The van der Waals surface area contributed by atoms with Crippen LogP contribution >= 0.6 is 23.2 Å². The van der Waals surface area contributed by atoms with E-state index >= 15 is 0 Å². The molecule has 0 unspecified atom stereocenters. The first-order valence-electron chi connectivity index (χ1n) is 7.66. The van der Waals surface area contributed by atoms with E-state index in [1.807, 2.05) is 13.8 Å². The summed E-state index contributed by atoms with van der Waals surface area (Å²) in [5, 5.41) is 3.18. The Morgan fingerprint density at radius 3 is 2.16 bits per heavy atom. The Kier molecular flexibility index (Phi) is 4.58. The number of fused-ring (bicyclic) bond motifs is 1. The number of nitrogens with zero attached hydrogens (tertiary/aromatic N) is 1. The van der Waals surface area contributed by atoms with Gasteiger partial charge in [0, 0.05) is 5.69 Å². The molecule has 0 atom stereocenters. The fourth-order valence-electron chi connectivity index (χ4n) is 2.80. The Morgan fingerprint density at radius 1 is 1.08 bits per heavy atom. The van der Waals surface area contributed by atoms with E-state index in [9.17, 15) is 14.4 Å². The molecule has 0 saturated carbocycles. The van der Waals surface area contributed by atoms with Crippen LogP contribution in [0.2, 0.25) is 10.0 Å². The van der Waals surface area contributed by atoms with Crippen LogP contribution in [0.25, 0.3) is 0 Å². The summed E-state index contributed by atoms with van der Waals surface area (Å²) in [6, 6.07) is 4.67. The number of halogens is 2. The maximum Gasteiger partial charge on any atom is 0.271 e. The highest BCUT2D eigenvalue weighted by Crippen LogP contribution is 2.34. The number of anilines is 1. The maximum atomic E-state index is 12.5. The van der Waals surface area contributed by atoms with Crippen molar-refractivity contribution in [1.82, 2.24) is 9.88 Å². The lowest BCUT2D eigenvalue weighted by atomic mass is 10.1. The summed E-state index contributed by atoms with van der Waals surface area (Å²) in [5.74, 6) is -1.08. The summed E-state index contributed by atoms with van der Waals surface area (Å²) < 4.78 is 0. The van der Waals surface area contributed by atoms with Crippen molar-refractivity contribution < 1.29 is 9.59 Å². The normalized spacial score (nSPS) is 13.4. The van der Waals surface area contributed by atoms with Crippen LogP contribution in [0.4, 0.5) is 5.69 Å². The molecule has 0 radical (unpaired) electrons. The molecule has 0 spiro atoms. The number of imide groups is 1. The van der Waals surface area contributed by atoms with Crippen LogP contribution in [-0.2, 0) is 6.42 Å². The zero-order chi connectivity index (χ0) is 18.3. The SMILES string of the molecule is CCc1cc(NCN2C(=O)c3c(Cl)ccc(Cl)c3C2=O)c(=O)[nH]c1C. The smallest absolute Gasteiger partial charge is 0.271 e. The van der Waals surface area contributed by atoms with Crippen molar-refractivity contribution in [1.29, 1.82) is 0 Å². The van der Waals surface area contributed by atoms with Gasteiger partial charge in [-0.3, -0.25) is 19.3 Å². The average Bonchev–Trinajstić information content (AvgIpc) is 2.83. The Morgan fingerprint density at radius 2 is 1.64 bits per heavy atom. The van der Waals surface area contributed by atoms with Gasteiger partial charge in [-0.05, 0) is 37.1 Å². The minimum absolute atomic E-state index is 0.0908. The summed E-state index contributed by atoms with van der Waals surface area (Å²) in [6.07, 6.45) is 0.746. The summed E-state index contributed by atoms with van der Waals surface area (Å²) >= 11 is 12.1. The lowest BCUT2D eigenvalue weighted by Crippen LogP contribution is -2.35. The number of carbonyl (C=O) groups is 2. The fraction of sp³-hybridized carbons (Fsp3) is 0.235. The third kappa shape index (κ3) is 2.92. The number of benzene rings is 1. The van der Waals surface area contributed by atoms with E-state index in [-0.39, 0.29) is 39.1 Å². The van der Waals surface area contributed by atoms with Gasteiger partial charge in [-0.1, -0.05) is 30.1 Å². The number of amides is 2. The molecule has 25 heavy (non-hydrogen) atoms. The van der Waals surface area contributed by atoms with Gasteiger partial charge in [0.2, 0.25) is 0 Å². The van der Waals surface area contributed by atoms with Gasteiger partial charge in [0.1, 0.15) is 5.69 Å². The second kappa shape index (κ2) is 6.54. The summed E-state index contributed by atoms with van der Waals surface area (Å²) in [4.78, 5) is 40.8. The zero-order valence-electron chi connectivity index (χ0n) is 13.6. The number of pyridine rings is 1. The van der Waals surface area contributed by atoms with Crippen molar-refractivity contribution in [3.05, 3.63) is 61.0 Å². The number of hydrogen-bond acceptors (Lipinski definition) is 4. The molecule has 1 aliphatic rings. The van der Waals surface area contributed by atoms with E-state index in [0.29, 0.717) is 0 Å². The molecular weight excluding hydrogens is 365 g/mol. The third-order valence-corrected chi connectivity index (χ3v) is 4.81. The van der Waals surface area contributed by atoms with Gasteiger partial charge in [0.25, 0.3) is 17.4 Å².